The van der Waals surface area contributed by atoms with Crippen LogP contribution in [0.25, 0.3) is 0 Å². The predicted molar refractivity (Wildman–Crippen MR) is 94.6 cm³/mol. The van der Waals surface area contributed by atoms with Crippen molar-refractivity contribution in [2.75, 3.05) is 0 Å². The number of hydrogen-bond donors (Lipinski definition) is 0. The van der Waals surface area contributed by atoms with E-state index in [4.69, 9.17) is 11.6 Å². The molecule has 25 heavy (non-hydrogen) atoms. The van der Waals surface area contributed by atoms with E-state index < -0.39 is 26.9 Å². The van der Waals surface area contributed by atoms with Crippen molar-refractivity contribution in [2.45, 2.75) is 23.1 Å². The summed E-state index contributed by atoms with van der Waals surface area (Å²) in [7, 11) is 0. The summed E-state index contributed by atoms with van der Waals surface area (Å²) in [6.45, 7) is 1.16. The Labute approximate surface area is 152 Å². The van der Waals surface area contributed by atoms with Crippen molar-refractivity contribution in [2.24, 2.45) is 0 Å². The second-order valence-corrected chi connectivity index (χ2v) is 6.83. The third kappa shape index (κ3) is 4.77. The zero-order valence-electron chi connectivity index (χ0n) is 13.0. The summed E-state index contributed by atoms with van der Waals surface area (Å²) < 4.78 is 0. The van der Waals surface area contributed by atoms with Gasteiger partial charge in [-0.05, 0) is 29.8 Å². The van der Waals surface area contributed by atoms with Crippen LogP contribution in [-0.4, -0.2) is 21.7 Å². The van der Waals surface area contributed by atoms with E-state index in [-0.39, 0.29) is 5.69 Å². The Morgan fingerprint density at radius 3 is 2.04 bits per heavy atom. The molecule has 130 valence electrons. The van der Waals surface area contributed by atoms with Crippen molar-refractivity contribution in [3.05, 3.63) is 79.3 Å². The number of hydrogen-bond acceptors (Lipinski definition) is 6. The number of rotatable bonds is 7. The van der Waals surface area contributed by atoms with E-state index in [2.05, 4.69) is 0 Å². The Morgan fingerprint density at radius 1 is 1.04 bits per heavy atom. The first kappa shape index (κ1) is 18.9. The van der Waals surface area contributed by atoms with Gasteiger partial charge in [0.15, 0.2) is 0 Å². The Kier molecular flexibility index (Phi) is 6.11. The van der Waals surface area contributed by atoms with Crippen LogP contribution in [0.5, 0.6) is 0 Å². The molecule has 0 spiro atoms. The second-order valence-electron chi connectivity index (χ2n) is 5.18. The van der Waals surface area contributed by atoms with Gasteiger partial charge in [0.05, 0.1) is 4.92 Å². The van der Waals surface area contributed by atoms with Crippen molar-refractivity contribution in [1.29, 1.82) is 0 Å². The van der Waals surface area contributed by atoms with E-state index >= 15 is 0 Å². The van der Waals surface area contributed by atoms with Gasteiger partial charge in [0.1, 0.15) is 5.25 Å². The number of nitro groups is 2. The van der Waals surface area contributed by atoms with E-state index in [1.165, 1.54) is 24.3 Å². The SMILES string of the molecule is CC(=O)C(C(Sc1ccc(Cl)cc1)c1ccc([N+](=O)[O-])cc1)[N+](=O)[O-]. The number of nitrogens with zero attached hydrogens (tertiary/aromatic N) is 2. The third-order valence-corrected chi connectivity index (χ3v) is 5.02. The minimum atomic E-state index is -1.47. The van der Waals surface area contributed by atoms with Gasteiger partial charge in [-0.25, -0.2) is 0 Å². The number of benzene rings is 2. The average molecular weight is 381 g/mol. The van der Waals surface area contributed by atoms with Crippen molar-refractivity contribution in [1.82, 2.24) is 0 Å². The van der Waals surface area contributed by atoms with E-state index in [0.29, 0.717) is 15.5 Å². The summed E-state index contributed by atoms with van der Waals surface area (Å²) >= 11 is 6.98. The summed E-state index contributed by atoms with van der Waals surface area (Å²) in [5, 5.41) is 21.9. The van der Waals surface area contributed by atoms with Crippen LogP contribution in [0.3, 0.4) is 0 Å². The maximum Gasteiger partial charge on any atom is 0.285 e. The first-order chi connectivity index (χ1) is 11.8. The zero-order valence-corrected chi connectivity index (χ0v) is 14.6. The molecular formula is C16H13ClN2O5S. The van der Waals surface area contributed by atoms with Crippen molar-refractivity contribution in [3.63, 3.8) is 0 Å². The fourth-order valence-electron chi connectivity index (χ4n) is 2.23. The molecule has 0 aliphatic carbocycles. The van der Waals surface area contributed by atoms with Gasteiger partial charge in [-0.1, -0.05) is 23.7 Å². The zero-order chi connectivity index (χ0) is 18.6. The Balaban J connectivity index is 2.43. The molecule has 0 radical (unpaired) electrons. The molecule has 2 aromatic carbocycles. The van der Waals surface area contributed by atoms with Crippen LogP contribution in [0.1, 0.15) is 17.7 Å². The molecule has 0 saturated heterocycles. The Hall–Kier alpha value is -2.45. The van der Waals surface area contributed by atoms with Gasteiger partial charge in [-0.15, -0.1) is 11.8 Å². The highest BCUT2D eigenvalue weighted by molar-refractivity contribution is 7.99. The molecule has 0 saturated carbocycles. The van der Waals surface area contributed by atoms with Crippen LogP contribution in [-0.2, 0) is 4.79 Å². The van der Waals surface area contributed by atoms with Crippen molar-refractivity contribution in [3.8, 4) is 0 Å². The lowest BCUT2D eigenvalue weighted by molar-refractivity contribution is -0.507. The molecule has 0 bridgehead atoms. The van der Waals surface area contributed by atoms with Crippen molar-refractivity contribution < 1.29 is 14.6 Å². The summed E-state index contributed by atoms with van der Waals surface area (Å²) in [6.07, 6.45) is 0. The number of carbonyl (C=O) groups excluding carboxylic acids is 1. The molecule has 0 aromatic heterocycles. The highest BCUT2D eigenvalue weighted by Crippen LogP contribution is 2.40. The standard InChI is InChI=1S/C16H13ClN2O5S/c1-10(20)15(19(23)24)16(25-14-8-4-12(17)5-9-14)11-2-6-13(7-3-11)18(21)22/h2-9,15-16H,1H3. The summed E-state index contributed by atoms with van der Waals surface area (Å²) in [5.41, 5.74) is 0.335. The molecule has 2 aromatic rings. The largest absolute Gasteiger partial charge is 0.292 e. The van der Waals surface area contributed by atoms with E-state index in [0.717, 1.165) is 18.7 Å². The molecule has 0 fully saturated rings. The molecule has 0 aliphatic rings. The number of halogens is 1. The molecule has 2 unspecified atom stereocenters. The van der Waals surface area contributed by atoms with Crippen LogP contribution in [0.15, 0.2) is 53.4 Å². The minimum Gasteiger partial charge on any atom is -0.292 e. The molecular weight excluding hydrogens is 368 g/mol. The maximum atomic E-state index is 11.8. The lowest BCUT2D eigenvalue weighted by atomic mass is 10.0. The van der Waals surface area contributed by atoms with Gasteiger partial charge >= 0.3 is 0 Å². The highest BCUT2D eigenvalue weighted by Gasteiger charge is 2.38. The van der Waals surface area contributed by atoms with Gasteiger partial charge in [-0.2, -0.15) is 0 Å². The molecule has 0 N–H and O–H groups in total. The van der Waals surface area contributed by atoms with Crippen LogP contribution < -0.4 is 0 Å². The predicted octanol–water partition coefficient (Wildman–Crippen LogP) is 4.32. The topological polar surface area (TPSA) is 103 Å². The number of Topliss-reactive ketones (excluding diaryl/α,β-unsaturated/α-hetero) is 1. The maximum absolute atomic E-state index is 11.8. The smallest absolute Gasteiger partial charge is 0.285 e. The molecule has 0 heterocycles. The number of ketones is 1. The van der Waals surface area contributed by atoms with Crippen LogP contribution >= 0.6 is 23.4 Å². The van der Waals surface area contributed by atoms with Crippen LogP contribution in [0.2, 0.25) is 5.02 Å². The number of thioether (sulfide) groups is 1. The third-order valence-electron chi connectivity index (χ3n) is 3.44. The van der Waals surface area contributed by atoms with Gasteiger partial charge < -0.3 is 0 Å². The molecule has 0 aliphatic heterocycles. The normalized spacial score (nSPS) is 13.0. The molecule has 0 amide bonds. The van der Waals surface area contributed by atoms with Crippen molar-refractivity contribution >= 4 is 34.8 Å². The van der Waals surface area contributed by atoms with E-state index in [1.807, 2.05) is 0 Å². The highest BCUT2D eigenvalue weighted by atomic mass is 35.5. The second kappa shape index (κ2) is 8.09. The first-order valence-electron chi connectivity index (χ1n) is 7.10. The van der Waals surface area contributed by atoms with Gasteiger partial charge in [0, 0.05) is 33.9 Å². The first-order valence-corrected chi connectivity index (χ1v) is 8.36. The monoisotopic (exact) mass is 380 g/mol. The number of carbonyl (C=O) groups is 1. The van der Waals surface area contributed by atoms with E-state index in [9.17, 15) is 25.0 Å². The fourth-order valence-corrected chi connectivity index (χ4v) is 3.66. The van der Waals surface area contributed by atoms with E-state index in [1.54, 1.807) is 24.3 Å². The summed E-state index contributed by atoms with van der Waals surface area (Å²) in [4.78, 5) is 33.5. The minimum absolute atomic E-state index is 0.125. The number of nitro benzene ring substituents is 1. The van der Waals surface area contributed by atoms with Gasteiger partial charge in [0.25, 0.3) is 11.7 Å². The molecule has 7 nitrogen and oxygen atoms in total. The molecule has 2 rings (SSSR count). The lowest BCUT2D eigenvalue weighted by Gasteiger charge is -2.19. The Morgan fingerprint density at radius 2 is 1.60 bits per heavy atom. The van der Waals surface area contributed by atoms with Gasteiger partial charge in [-0.3, -0.25) is 25.0 Å². The molecule has 2 atom stereocenters. The Bertz CT molecular complexity index is 781. The average Bonchev–Trinajstić information content (AvgIpc) is 2.55. The fraction of sp³-hybridized carbons (Fsp3) is 0.188. The number of non-ortho nitro benzene ring substituents is 1. The van der Waals surface area contributed by atoms with Crippen LogP contribution in [0.4, 0.5) is 5.69 Å². The summed E-state index contributed by atoms with van der Waals surface area (Å²) in [6, 6.07) is 10.6. The lowest BCUT2D eigenvalue weighted by Crippen LogP contribution is -2.32. The summed E-state index contributed by atoms with van der Waals surface area (Å²) in [5.74, 6) is -0.588. The molecule has 9 heteroatoms. The van der Waals surface area contributed by atoms with Gasteiger partial charge in [0.2, 0.25) is 5.78 Å². The quantitative estimate of drug-likeness (QED) is 0.402. The van der Waals surface area contributed by atoms with Crippen LogP contribution in [0, 0.1) is 20.2 Å².